The number of benzene rings is 2. The van der Waals surface area contributed by atoms with E-state index in [0.717, 1.165) is 12.0 Å². The lowest BCUT2D eigenvalue weighted by Crippen LogP contribution is -1.87. The predicted molar refractivity (Wildman–Crippen MR) is 83.3 cm³/mol. The maximum atomic E-state index is 12.8. The number of hydrogen-bond donors (Lipinski definition) is 0. The van der Waals surface area contributed by atoms with E-state index in [1.165, 1.54) is 22.5 Å². The molecule has 2 aromatic carbocycles. The standard InChI is InChI=1S/C10H11N.C8H7FO/c1-8-4-3-5-10-9(8)6-7-11(10)2;9-7-3-1-2-6-4-5-10-8(6)7/h3-7H,1-2H3;1-3H,4-5H2. The van der Waals surface area contributed by atoms with E-state index in [1.54, 1.807) is 6.07 Å². The molecule has 0 atom stereocenters. The normalized spacial score (nSPS) is 12.5. The molecule has 4 rings (SSSR count). The number of aryl methyl sites for hydroxylation is 2. The van der Waals surface area contributed by atoms with E-state index >= 15 is 0 Å². The fourth-order valence-electron chi connectivity index (χ4n) is 2.63. The second-order valence-corrected chi connectivity index (χ2v) is 5.26. The van der Waals surface area contributed by atoms with Gasteiger partial charge in [0.15, 0.2) is 11.6 Å². The molecule has 1 aromatic heterocycles. The number of nitrogens with zero attached hydrogens (tertiary/aromatic N) is 1. The Hall–Kier alpha value is -2.29. The first-order valence-electron chi connectivity index (χ1n) is 7.07. The summed E-state index contributed by atoms with van der Waals surface area (Å²) in [5.74, 6) is 0.206. The zero-order chi connectivity index (χ0) is 14.8. The van der Waals surface area contributed by atoms with Crippen molar-refractivity contribution in [3.63, 3.8) is 0 Å². The maximum absolute atomic E-state index is 12.8. The molecule has 2 nitrogen and oxygen atoms in total. The summed E-state index contributed by atoms with van der Waals surface area (Å²) in [7, 11) is 2.07. The molecule has 0 spiro atoms. The lowest BCUT2D eigenvalue weighted by molar-refractivity contribution is 0.339. The van der Waals surface area contributed by atoms with Crippen LogP contribution in [0.3, 0.4) is 0 Å². The lowest BCUT2D eigenvalue weighted by Gasteiger charge is -1.97. The molecule has 0 bridgehead atoms. The average molecular weight is 283 g/mol. The summed E-state index contributed by atoms with van der Waals surface area (Å²) >= 11 is 0. The van der Waals surface area contributed by atoms with Crippen molar-refractivity contribution in [1.29, 1.82) is 0 Å². The highest BCUT2D eigenvalue weighted by Crippen LogP contribution is 2.27. The Kier molecular flexibility index (Phi) is 3.65. The summed E-state index contributed by atoms with van der Waals surface area (Å²) in [5.41, 5.74) is 3.65. The molecule has 1 aliphatic heterocycles. The van der Waals surface area contributed by atoms with Crippen molar-refractivity contribution < 1.29 is 9.13 Å². The molecular formula is C18H18FNO. The van der Waals surface area contributed by atoms with Gasteiger partial charge in [0.05, 0.1) is 6.61 Å². The van der Waals surface area contributed by atoms with E-state index in [0.29, 0.717) is 12.4 Å². The first-order chi connectivity index (χ1) is 10.2. The van der Waals surface area contributed by atoms with Crippen LogP contribution in [0.4, 0.5) is 4.39 Å². The number of halogens is 1. The van der Waals surface area contributed by atoms with Crippen molar-refractivity contribution in [3.8, 4) is 5.75 Å². The summed E-state index contributed by atoms with van der Waals surface area (Å²) in [5, 5.41) is 1.36. The van der Waals surface area contributed by atoms with Gasteiger partial charge < -0.3 is 9.30 Å². The summed E-state index contributed by atoms with van der Waals surface area (Å²) in [6.45, 7) is 2.76. The van der Waals surface area contributed by atoms with Crippen molar-refractivity contribution in [2.24, 2.45) is 7.05 Å². The Bertz CT molecular complexity index is 776. The van der Waals surface area contributed by atoms with Crippen LogP contribution in [0, 0.1) is 12.7 Å². The van der Waals surface area contributed by atoms with Crippen LogP contribution in [-0.2, 0) is 13.5 Å². The van der Waals surface area contributed by atoms with Gasteiger partial charge in [-0.05, 0) is 30.7 Å². The van der Waals surface area contributed by atoms with Gasteiger partial charge >= 0.3 is 0 Å². The minimum Gasteiger partial charge on any atom is -0.490 e. The minimum absolute atomic E-state index is 0.241. The first-order valence-corrected chi connectivity index (χ1v) is 7.07. The van der Waals surface area contributed by atoms with Crippen LogP contribution in [0.5, 0.6) is 5.75 Å². The molecule has 2 heterocycles. The van der Waals surface area contributed by atoms with Crippen LogP contribution in [0.25, 0.3) is 10.9 Å². The van der Waals surface area contributed by atoms with Gasteiger partial charge in [-0.15, -0.1) is 0 Å². The Labute approximate surface area is 123 Å². The summed E-state index contributed by atoms with van der Waals surface area (Å²) < 4.78 is 20.0. The molecule has 3 aromatic rings. The molecule has 0 amide bonds. The second kappa shape index (κ2) is 5.60. The molecule has 1 aliphatic rings. The zero-order valence-electron chi connectivity index (χ0n) is 12.3. The second-order valence-electron chi connectivity index (χ2n) is 5.26. The van der Waals surface area contributed by atoms with Crippen LogP contribution in [0.1, 0.15) is 11.1 Å². The number of rotatable bonds is 0. The Morgan fingerprint density at radius 1 is 1.10 bits per heavy atom. The molecule has 0 unspecified atom stereocenters. The number of hydrogen-bond acceptors (Lipinski definition) is 1. The van der Waals surface area contributed by atoms with Gasteiger partial charge in [0.25, 0.3) is 0 Å². The molecule has 0 saturated heterocycles. The fraction of sp³-hybridized carbons (Fsp3) is 0.222. The highest BCUT2D eigenvalue weighted by Gasteiger charge is 2.14. The van der Waals surface area contributed by atoms with Gasteiger partial charge in [-0.25, -0.2) is 4.39 Å². The molecule has 108 valence electrons. The summed E-state index contributed by atoms with van der Waals surface area (Å²) in [6, 6.07) is 13.6. The summed E-state index contributed by atoms with van der Waals surface area (Å²) in [4.78, 5) is 0. The number of fused-ring (bicyclic) bond motifs is 2. The van der Waals surface area contributed by atoms with Crippen molar-refractivity contribution in [2.45, 2.75) is 13.3 Å². The van der Waals surface area contributed by atoms with E-state index in [9.17, 15) is 4.39 Å². The van der Waals surface area contributed by atoms with E-state index in [1.807, 2.05) is 6.07 Å². The highest BCUT2D eigenvalue weighted by atomic mass is 19.1. The molecule has 0 N–H and O–H groups in total. The molecule has 0 aliphatic carbocycles. The number of ether oxygens (including phenoxy) is 1. The third kappa shape index (κ3) is 2.64. The molecule has 3 heteroatoms. The fourth-order valence-corrected chi connectivity index (χ4v) is 2.63. The van der Waals surface area contributed by atoms with E-state index in [2.05, 4.69) is 49.0 Å². The van der Waals surface area contributed by atoms with Gasteiger partial charge in [-0.3, -0.25) is 0 Å². The minimum atomic E-state index is -0.241. The molecule has 21 heavy (non-hydrogen) atoms. The van der Waals surface area contributed by atoms with Gasteiger partial charge in [0, 0.05) is 36.1 Å². The van der Waals surface area contributed by atoms with Gasteiger partial charge in [0.1, 0.15) is 0 Å². The first kappa shape index (κ1) is 13.7. The van der Waals surface area contributed by atoms with Crippen molar-refractivity contribution in [2.75, 3.05) is 6.61 Å². The largest absolute Gasteiger partial charge is 0.490 e. The SMILES string of the molecule is Cc1cccc2c1ccn2C.Fc1cccc2c1OCC2. The van der Waals surface area contributed by atoms with Crippen LogP contribution < -0.4 is 4.74 Å². The van der Waals surface area contributed by atoms with E-state index in [-0.39, 0.29) is 5.82 Å². The third-order valence-corrected chi connectivity index (χ3v) is 3.81. The van der Waals surface area contributed by atoms with E-state index in [4.69, 9.17) is 4.74 Å². The van der Waals surface area contributed by atoms with Crippen molar-refractivity contribution in [1.82, 2.24) is 4.57 Å². The van der Waals surface area contributed by atoms with Crippen LogP contribution in [-0.4, -0.2) is 11.2 Å². The van der Waals surface area contributed by atoms with Crippen LogP contribution in [0.15, 0.2) is 48.7 Å². The predicted octanol–water partition coefficient (Wildman–Crippen LogP) is 4.25. The summed E-state index contributed by atoms with van der Waals surface area (Å²) in [6.07, 6.45) is 2.94. The van der Waals surface area contributed by atoms with Crippen LogP contribution in [0.2, 0.25) is 0 Å². The quantitative estimate of drug-likeness (QED) is 0.601. The average Bonchev–Trinajstić information content (AvgIpc) is 3.09. The number of para-hydroxylation sites is 1. The van der Waals surface area contributed by atoms with Crippen molar-refractivity contribution in [3.05, 3.63) is 65.6 Å². The maximum Gasteiger partial charge on any atom is 0.165 e. The number of aromatic nitrogens is 1. The Morgan fingerprint density at radius 3 is 2.67 bits per heavy atom. The Morgan fingerprint density at radius 2 is 1.90 bits per heavy atom. The highest BCUT2D eigenvalue weighted by molar-refractivity contribution is 5.83. The Balaban J connectivity index is 0.000000126. The lowest BCUT2D eigenvalue weighted by atomic mass is 10.1. The van der Waals surface area contributed by atoms with Gasteiger partial charge in [-0.2, -0.15) is 0 Å². The zero-order valence-corrected chi connectivity index (χ0v) is 12.3. The van der Waals surface area contributed by atoms with E-state index < -0.39 is 0 Å². The topological polar surface area (TPSA) is 14.2 Å². The molecular weight excluding hydrogens is 265 g/mol. The molecule has 0 saturated carbocycles. The van der Waals surface area contributed by atoms with Gasteiger partial charge in [0.2, 0.25) is 0 Å². The molecule has 0 radical (unpaired) electrons. The smallest absolute Gasteiger partial charge is 0.165 e. The van der Waals surface area contributed by atoms with Gasteiger partial charge in [-0.1, -0.05) is 24.3 Å². The monoisotopic (exact) mass is 283 g/mol. The third-order valence-electron chi connectivity index (χ3n) is 3.81. The van der Waals surface area contributed by atoms with Crippen molar-refractivity contribution >= 4 is 10.9 Å². The molecule has 0 fully saturated rings. The van der Waals surface area contributed by atoms with Crippen LogP contribution >= 0.6 is 0 Å².